The van der Waals surface area contributed by atoms with Crippen molar-refractivity contribution in [3.8, 4) is 0 Å². The summed E-state index contributed by atoms with van der Waals surface area (Å²) in [6.07, 6.45) is 2.37. The number of nitrogens with zero attached hydrogens (tertiary/aromatic N) is 2. The van der Waals surface area contributed by atoms with Crippen molar-refractivity contribution in [1.82, 2.24) is 9.29 Å². The zero-order chi connectivity index (χ0) is 19.4. The Morgan fingerprint density at radius 3 is 2.56 bits per heavy atom. The molecule has 1 saturated heterocycles. The maximum absolute atomic E-state index is 12.0. The van der Waals surface area contributed by atoms with E-state index in [2.05, 4.69) is 34.6 Å². The van der Waals surface area contributed by atoms with Gasteiger partial charge < -0.3 is 0 Å². The number of amides is 1. The van der Waals surface area contributed by atoms with Crippen LogP contribution in [-0.2, 0) is 25.7 Å². The number of carbonyl (C=O) groups is 1. The van der Waals surface area contributed by atoms with Gasteiger partial charge in [0.05, 0.1) is 5.69 Å². The van der Waals surface area contributed by atoms with E-state index < -0.39 is 22.8 Å². The van der Waals surface area contributed by atoms with Crippen LogP contribution in [0.15, 0.2) is 24.3 Å². The van der Waals surface area contributed by atoms with Crippen molar-refractivity contribution in [3.63, 3.8) is 0 Å². The Labute approximate surface area is 163 Å². The SMILES string of the molecule is Cc1ccc(Cc2sc(NC(=O)COS(=O)(=O)N3CCCC3)nc2C)cc1. The number of nitrogens with one attached hydrogen (secondary N) is 1. The average molecular weight is 410 g/mol. The van der Waals surface area contributed by atoms with E-state index in [9.17, 15) is 13.2 Å². The van der Waals surface area contributed by atoms with Crippen LogP contribution in [0.2, 0.25) is 0 Å². The summed E-state index contributed by atoms with van der Waals surface area (Å²) < 4.78 is 30.1. The molecule has 2 aromatic rings. The van der Waals surface area contributed by atoms with Gasteiger partial charge in [0, 0.05) is 24.4 Å². The van der Waals surface area contributed by atoms with Crippen LogP contribution >= 0.6 is 11.3 Å². The molecule has 1 aliphatic rings. The molecule has 1 amide bonds. The predicted molar refractivity (Wildman–Crippen MR) is 105 cm³/mol. The highest BCUT2D eigenvalue weighted by Gasteiger charge is 2.27. The molecule has 0 spiro atoms. The van der Waals surface area contributed by atoms with Crippen LogP contribution in [0.1, 0.15) is 34.5 Å². The number of aryl methyl sites for hydroxylation is 2. The maximum Gasteiger partial charge on any atom is 0.338 e. The molecule has 0 unspecified atom stereocenters. The van der Waals surface area contributed by atoms with Crippen molar-refractivity contribution in [2.75, 3.05) is 25.0 Å². The van der Waals surface area contributed by atoms with Gasteiger partial charge in [-0.05, 0) is 32.3 Å². The molecule has 9 heteroatoms. The van der Waals surface area contributed by atoms with E-state index in [4.69, 9.17) is 4.18 Å². The fraction of sp³-hybridized carbons (Fsp3) is 0.444. The summed E-state index contributed by atoms with van der Waals surface area (Å²) in [5.74, 6) is -0.534. The molecule has 7 nitrogen and oxygen atoms in total. The van der Waals surface area contributed by atoms with Crippen LogP contribution in [0.3, 0.4) is 0 Å². The van der Waals surface area contributed by atoms with Gasteiger partial charge in [-0.1, -0.05) is 29.8 Å². The first-order chi connectivity index (χ1) is 12.8. The van der Waals surface area contributed by atoms with Crippen LogP contribution < -0.4 is 5.32 Å². The average Bonchev–Trinajstić information content (AvgIpc) is 3.26. The third-order valence-corrected chi connectivity index (χ3v) is 6.83. The minimum atomic E-state index is -3.84. The third kappa shape index (κ3) is 5.35. The second-order valence-electron chi connectivity index (χ2n) is 6.56. The summed E-state index contributed by atoms with van der Waals surface area (Å²) in [4.78, 5) is 17.5. The summed E-state index contributed by atoms with van der Waals surface area (Å²) in [6, 6.07) is 8.27. The highest BCUT2D eigenvalue weighted by molar-refractivity contribution is 7.84. The molecular formula is C18H23N3O4S2. The lowest BCUT2D eigenvalue weighted by atomic mass is 10.1. The highest BCUT2D eigenvalue weighted by Crippen LogP contribution is 2.25. The van der Waals surface area contributed by atoms with Gasteiger partial charge >= 0.3 is 10.3 Å². The van der Waals surface area contributed by atoms with Gasteiger partial charge in [0.2, 0.25) is 0 Å². The van der Waals surface area contributed by atoms with E-state index in [1.54, 1.807) is 0 Å². The van der Waals surface area contributed by atoms with Crippen LogP contribution in [0, 0.1) is 13.8 Å². The molecule has 1 aromatic heterocycles. The first kappa shape index (κ1) is 19.9. The second-order valence-corrected chi connectivity index (χ2v) is 9.26. The molecule has 1 N–H and O–H groups in total. The van der Waals surface area contributed by atoms with Gasteiger partial charge in [-0.25, -0.2) is 9.17 Å². The Morgan fingerprint density at radius 1 is 1.22 bits per heavy atom. The number of aromatic nitrogens is 1. The summed E-state index contributed by atoms with van der Waals surface area (Å²) in [5, 5.41) is 3.07. The lowest BCUT2D eigenvalue weighted by molar-refractivity contribution is -0.118. The monoisotopic (exact) mass is 409 g/mol. The van der Waals surface area contributed by atoms with Gasteiger partial charge in [0.1, 0.15) is 6.61 Å². The van der Waals surface area contributed by atoms with Crippen molar-refractivity contribution in [1.29, 1.82) is 0 Å². The van der Waals surface area contributed by atoms with E-state index in [1.165, 1.54) is 26.8 Å². The van der Waals surface area contributed by atoms with Gasteiger partial charge in [-0.15, -0.1) is 11.3 Å². The van der Waals surface area contributed by atoms with Crippen molar-refractivity contribution in [2.45, 2.75) is 33.1 Å². The molecule has 0 atom stereocenters. The predicted octanol–water partition coefficient (Wildman–Crippen LogP) is 2.65. The standard InChI is InChI=1S/C18H23N3O4S2/c1-13-5-7-15(8-6-13)11-16-14(2)19-18(26-16)20-17(22)12-25-27(23,24)21-9-3-4-10-21/h5-8H,3-4,9-12H2,1-2H3,(H,19,20,22). The number of benzene rings is 1. The normalized spacial score (nSPS) is 15.2. The second kappa shape index (κ2) is 8.47. The minimum absolute atomic E-state index is 0.442. The van der Waals surface area contributed by atoms with Crippen LogP contribution in [-0.4, -0.2) is 43.3 Å². The Bertz CT molecular complexity index is 901. The summed E-state index contributed by atoms with van der Waals surface area (Å²) in [5.41, 5.74) is 3.23. The van der Waals surface area contributed by atoms with Crippen molar-refractivity contribution in [3.05, 3.63) is 46.0 Å². The first-order valence-electron chi connectivity index (χ1n) is 8.80. The Morgan fingerprint density at radius 2 is 1.89 bits per heavy atom. The molecule has 146 valence electrons. The van der Waals surface area contributed by atoms with Crippen LogP contribution in [0.25, 0.3) is 0 Å². The fourth-order valence-corrected chi connectivity index (χ4v) is 4.93. The van der Waals surface area contributed by atoms with E-state index in [0.29, 0.717) is 18.2 Å². The van der Waals surface area contributed by atoms with E-state index in [0.717, 1.165) is 29.8 Å². The van der Waals surface area contributed by atoms with Gasteiger partial charge in [0.15, 0.2) is 5.13 Å². The van der Waals surface area contributed by atoms with E-state index >= 15 is 0 Å². The number of hydrogen-bond acceptors (Lipinski definition) is 6. The van der Waals surface area contributed by atoms with Crippen LogP contribution in [0.4, 0.5) is 5.13 Å². The molecule has 1 aliphatic heterocycles. The van der Waals surface area contributed by atoms with Crippen LogP contribution in [0.5, 0.6) is 0 Å². The van der Waals surface area contributed by atoms with E-state index in [-0.39, 0.29) is 0 Å². The fourth-order valence-electron chi connectivity index (χ4n) is 2.81. The number of thiazole rings is 1. The molecule has 3 rings (SSSR count). The Balaban J connectivity index is 1.56. The van der Waals surface area contributed by atoms with Crippen molar-refractivity contribution < 1.29 is 17.4 Å². The quantitative estimate of drug-likeness (QED) is 0.759. The number of anilines is 1. The highest BCUT2D eigenvalue weighted by atomic mass is 32.2. The molecule has 0 bridgehead atoms. The molecule has 0 aliphatic carbocycles. The molecule has 1 fully saturated rings. The van der Waals surface area contributed by atoms with Gasteiger partial charge in [-0.3, -0.25) is 10.1 Å². The molecule has 0 saturated carbocycles. The van der Waals surface area contributed by atoms with Crippen molar-refractivity contribution >= 4 is 32.7 Å². The number of carbonyl (C=O) groups excluding carboxylic acids is 1. The lowest BCUT2D eigenvalue weighted by Crippen LogP contribution is -2.32. The summed E-state index contributed by atoms with van der Waals surface area (Å²) >= 11 is 1.39. The number of rotatable bonds is 7. The maximum atomic E-state index is 12.0. The van der Waals surface area contributed by atoms with Gasteiger partial charge in [0.25, 0.3) is 5.91 Å². The molecule has 27 heavy (non-hydrogen) atoms. The lowest BCUT2D eigenvalue weighted by Gasteiger charge is -2.14. The smallest absolute Gasteiger partial charge is 0.300 e. The minimum Gasteiger partial charge on any atom is -0.300 e. The summed E-state index contributed by atoms with van der Waals surface area (Å²) in [6.45, 7) is 4.27. The zero-order valence-corrected chi connectivity index (χ0v) is 17.0. The Hall–Kier alpha value is -1.81. The summed E-state index contributed by atoms with van der Waals surface area (Å²) in [7, 11) is -3.84. The van der Waals surface area contributed by atoms with E-state index in [1.807, 2.05) is 13.8 Å². The van der Waals surface area contributed by atoms with Gasteiger partial charge in [-0.2, -0.15) is 12.7 Å². The third-order valence-electron chi connectivity index (χ3n) is 4.34. The number of hydrogen-bond donors (Lipinski definition) is 1. The molecule has 2 heterocycles. The molecule has 0 radical (unpaired) electrons. The van der Waals surface area contributed by atoms with Crippen molar-refractivity contribution in [2.24, 2.45) is 0 Å². The Kier molecular flexibility index (Phi) is 6.25. The zero-order valence-electron chi connectivity index (χ0n) is 15.4. The molecular weight excluding hydrogens is 386 g/mol. The largest absolute Gasteiger partial charge is 0.338 e. The first-order valence-corrected chi connectivity index (χ1v) is 11.0. The molecule has 1 aromatic carbocycles. The topological polar surface area (TPSA) is 88.6 Å².